The van der Waals surface area contributed by atoms with Gasteiger partial charge in [-0.15, -0.1) is 0 Å². The van der Waals surface area contributed by atoms with Crippen molar-refractivity contribution in [3.05, 3.63) is 0 Å². The van der Waals surface area contributed by atoms with Crippen LogP contribution in [0, 0.1) is 5.41 Å². The van der Waals surface area contributed by atoms with E-state index in [4.69, 9.17) is 14.3 Å². The normalized spacial score (nSPS) is 35.0. The minimum atomic E-state index is -1.16. The van der Waals surface area contributed by atoms with Crippen molar-refractivity contribution in [1.29, 1.82) is 0 Å². The summed E-state index contributed by atoms with van der Waals surface area (Å²) < 4.78 is 11.7. The molecule has 0 aromatic heterocycles. The van der Waals surface area contributed by atoms with Gasteiger partial charge in [0.2, 0.25) is 5.79 Å². The van der Waals surface area contributed by atoms with Gasteiger partial charge in [-0.3, -0.25) is 4.74 Å². The Hall–Kier alpha value is -0.360. The molecule has 2 N–H and O–H groups in total. The zero-order valence-corrected chi connectivity index (χ0v) is 13.9. The van der Waals surface area contributed by atoms with Gasteiger partial charge < -0.3 is 17.1 Å². The Kier molecular flexibility index (Phi) is 4.60. The van der Waals surface area contributed by atoms with Crippen LogP contribution < -0.4 is 17.9 Å². The third-order valence-electron chi connectivity index (χ3n) is 4.41. The Morgan fingerprint density at radius 2 is 1.90 bits per heavy atom. The van der Waals surface area contributed by atoms with Gasteiger partial charge in [0.15, 0.2) is 0 Å². The minimum Gasteiger partial charge on any atom is -1.00 e. The number of rotatable bonds is 1. The third-order valence-corrected chi connectivity index (χ3v) is 4.41. The molecule has 1 saturated carbocycles. The van der Waals surface area contributed by atoms with E-state index < -0.39 is 11.6 Å². The maximum atomic E-state index is 12.3. The van der Waals surface area contributed by atoms with E-state index in [-0.39, 0.29) is 29.8 Å². The summed E-state index contributed by atoms with van der Waals surface area (Å²) in [4.78, 5) is 18.0. The summed E-state index contributed by atoms with van der Waals surface area (Å²) in [7, 11) is 0. The van der Waals surface area contributed by atoms with Crippen LogP contribution in [0.5, 0.6) is 0 Å². The Bertz CT molecular complexity index is 403. The van der Waals surface area contributed by atoms with Crippen molar-refractivity contribution in [3.63, 3.8) is 0 Å². The first-order valence-corrected chi connectivity index (χ1v) is 7.77. The number of ether oxygens (including phenoxy) is 2. The lowest BCUT2D eigenvalue weighted by Gasteiger charge is -2.30. The van der Waals surface area contributed by atoms with Crippen molar-refractivity contribution in [2.75, 3.05) is 0 Å². The number of quaternary nitrogens is 1. The highest BCUT2D eigenvalue weighted by Crippen LogP contribution is 2.45. The van der Waals surface area contributed by atoms with E-state index in [1.807, 2.05) is 0 Å². The number of carbonyl (C=O) groups excluding carboxylic acids is 1. The number of carbonyl (C=O) groups is 1. The second-order valence-corrected chi connectivity index (χ2v) is 7.70. The smallest absolute Gasteiger partial charge is 0.375 e. The standard InChI is InChI=1S/C15H25NO4.ClH/c1-13(2,3)9-11-10-15(20-16-11)12(17)18-14(19-15)7-5-4-6-8-14;/h11,16H,4-10H2,1-3H3;1H/t11-,15+;/m0./s1. The van der Waals surface area contributed by atoms with Crippen LogP contribution in [0.4, 0.5) is 0 Å². The molecule has 1 aliphatic carbocycles. The van der Waals surface area contributed by atoms with Gasteiger partial charge in [-0.25, -0.2) is 4.79 Å². The molecule has 3 aliphatic rings. The van der Waals surface area contributed by atoms with Crippen LogP contribution in [0.2, 0.25) is 0 Å². The van der Waals surface area contributed by atoms with Crippen LogP contribution in [0.3, 0.4) is 0 Å². The predicted octanol–water partition coefficient (Wildman–Crippen LogP) is -1.38. The van der Waals surface area contributed by atoms with E-state index in [2.05, 4.69) is 20.8 Å². The molecule has 2 atom stereocenters. The van der Waals surface area contributed by atoms with Crippen molar-refractivity contribution >= 4 is 5.97 Å². The summed E-state index contributed by atoms with van der Waals surface area (Å²) in [5, 5.41) is 0. The molecule has 6 heteroatoms. The van der Waals surface area contributed by atoms with Crippen LogP contribution in [0.15, 0.2) is 0 Å². The SMILES string of the molecule is CC(C)(C)C[C@H]1C[C@]2(O[NH2+]1)OC1(CCCCC1)OC2=O.[Cl-]. The van der Waals surface area contributed by atoms with Gasteiger partial charge in [0.1, 0.15) is 6.04 Å². The van der Waals surface area contributed by atoms with Crippen LogP contribution in [-0.4, -0.2) is 23.6 Å². The molecule has 2 aliphatic heterocycles. The highest BCUT2D eigenvalue weighted by atomic mass is 35.5. The first-order chi connectivity index (χ1) is 9.33. The van der Waals surface area contributed by atoms with Crippen LogP contribution in [0.1, 0.15) is 65.7 Å². The summed E-state index contributed by atoms with van der Waals surface area (Å²) in [6.45, 7) is 6.59. The monoisotopic (exact) mass is 319 g/mol. The Morgan fingerprint density at radius 3 is 2.52 bits per heavy atom. The topological polar surface area (TPSA) is 61.4 Å². The van der Waals surface area contributed by atoms with Crippen LogP contribution >= 0.6 is 0 Å². The Labute approximate surface area is 132 Å². The molecule has 0 amide bonds. The van der Waals surface area contributed by atoms with Gasteiger partial charge in [0, 0.05) is 19.3 Å². The number of hydrogen-bond acceptors (Lipinski definition) is 4. The van der Waals surface area contributed by atoms with Crippen molar-refractivity contribution in [2.45, 2.75) is 83.3 Å². The van der Waals surface area contributed by atoms with Crippen molar-refractivity contribution in [1.82, 2.24) is 0 Å². The molecular formula is C15H26ClNO4. The third kappa shape index (κ3) is 3.36. The average Bonchev–Trinajstić information content (AvgIpc) is 2.82. The first kappa shape index (κ1) is 17.0. The highest BCUT2D eigenvalue weighted by molar-refractivity contribution is 5.80. The molecule has 2 heterocycles. The van der Waals surface area contributed by atoms with Crippen LogP contribution in [-0.2, 0) is 19.1 Å². The lowest BCUT2D eigenvalue weighted by atomic mass is 9.86. The Balaban J connectivity index is 0.00000161. The van der Waals surface area contributed by atoms with Gasteiger partial charge in [-0.05, 0) is 18.3 Å². The number of halogens is 1. The molecule has 3 fully saturated rings. The van der Waals surface area contributed by atoms with E-state index in [0.717, 1.165) is 32.1 Å². The lowest BCUT2D eigenvalue weighted by Crippen LogP contribution is -3.00. The summed E-state index contributed by atoms with van der Waals surface area (Å²) in [6.07, 6.45) is 6.47. The highest BCUT2D eigenvalue weighted by Gasteiger charge is 2.65. The van der Waals surface area contributed by atoms with E-state index in [9.17, 15) is 4.79 Å². The van der Waals surface area contributed by atoms with Gasteiger partial charge in [0.25, 0.3) is 0 Å². The zero-order valence-electron chi connectivity index (χ0n) is 13.1. The molecule has 122 valence electrons. The van der Waals surface area contributed by atoms with E-state index in [1.54, 1.807) is 5.48 Å². The number of esters is 1. The van der Waals surface area contributed by atoms with Gasteiger partial charge in [-0.1, -0.05) is 27.2 Å². The first-order valence-electron chi connectivity index (χ1n) is 7.77. The largest absolute Gasteiger partial charge is 1.00 e. The summed E-state index contributed by atoms with van der Waals surface area (Å²) in [5.74, 6) is -2.19. The molecule has 0 aromatic rings. The predicted molar refractivity (Wildman–Crippen MR) is 71.2 cm³/mol. The molecular weight excluding hydrogens is 294 g/mol. The number of hydroxylamine groups is 1. The number of hydrogen-bond donors (Lipinski definition) is 1. The quantitative estimate of drug-likeness (QED) is 0.606. The summed E-state index contributed by atoms with van der Waals surface area (Å²) in [6, 6.07) is 0.251. The maximum Gasteiger partial charge on any atom is 0.375 e. The second-order valence-electron chi connectivity index (χ2n) is 7.70. The van der Waals surface area contributed by atoms with Crippen LogP contribution in [0.25, 0.3) is 0 Å². The fourth-order valence-corrected chi connectivity index (χ4v) is 3.66. The second kappa shape index (κ2) is 5.69. The molecule has 3 rings (SSSR count). The summed E-state index contributed by atoms with van der Waals surface area (Å²) in [5.41, 5.74) is 2.00. The molecule has 2 spiro atoms. The fourth-order valence-electron chi connectivity index (χ4n) is 3.66. The van der Waals surface area contributed by atoms with Crippen molar-refractivity contribution < 1.29 is 37.0 Å². The molecule has 21 heavy (non-hydrogen) atoms. The maximum absolute atomic E-state index is 12.3. The van der Waals surface area contributed by atoms with Crippen molar-refractivity contribution in [3.8, 4) is 0 Å². The molecule has 2 saturated heterocycles. The summed E-state index contributed by atoms with van der Waals surface area (Å²) >= 11 is 0. The molecule has 0 radical (unpaired) electrons. The zero-order chi connectivity index (χ0) is 14.4. The van der Waals surface area contributed by atoms with Gasteiger partial charge in [0.05, 0.1) is 6.42 Å². The van der Waals surface area contributed by atoms with Gasteiger partial charge >= 0.3 is 11.8 Å². The van der Waals surface area contributed by atoms with Crippen molar-refractivity contribution in [2.24, 2.45) is 5.41 Å². The van der Waals surface area contributed by atoms with E-state index in [0.29, 0.717) is 6.42 Å². The molecule has 0 unspecified atom stereocenters. The van der Waals surface area contributed by atoms with E-state index in [1.165, 1.54) is 6.42 Å². The number of nitrogens with two attached hydrogens (primary N) is 1. The molecule has 0 bridgehead atoms. The lowest BCUT2D eigenvalue weighted by molar-refractivity contribution is -0.912. The van der Waals surface area contributed by atoms with E-state index >= 15 is 0 Å². The fraction of sp³-hybridized carbons (Fsp3) is 0.933. The molecule has 0 aromatic carbocycles. The Morgan fingerprint density at radius 1 is 1.24 bits per heavy atom. The molecule has 5 nitrogen and oxygen atoms in total. The minimum absolute atomic E-state index is 0. The van der Waals surface area contributed by atoms with Gasteiger partial charge in [-0.2, -0.15) is 10.3 Å². The average molecular weight is 320 g/mol.